The molecule has 0 saturated heterocycles. The number of fused-ring (bicyclic) bond motifs is 1. The second-order valence-electron chi connectivity index (χ2n) is 4.31. The van der Waals surface area contributed by atoms with Gasteiger partial charge in [0.25, 0.3) is 0 Å². The molecule has 2 heterocycles. The first-order valence-electron chi connectivity index (χ1n) is 6.24. The molecule has 2 aromatic heterocycles. The van der Waals surface area contributed by atoms with Crippen LogP contribution in [-0.2, 0) is 0 Å². The molecule has 0 spiro atoms. The van der Waals surface area contributed by atoms with Gasteiger partial charge in [-0.05, 0) is 24.3 Å². The number of benzene rings is 1. The molecule has 0 aliphatic carbocycles. The highest BCUT2D eigenvalue weighted by molar-refractivity contribution is 5.95. The van der Waals surface area contributed by atoms with Crippen molar-refractivity contribution in [2.75, 3.05) is 0 Å². The Hall–Kier alpha value is -3.15. The topological polar surface area (TPSA) is 93.6 Å². The molecule has 0 bridgehead atoms. The zero-order chi connectivity index (χ0) is 14.7. The molecule has 21 heavy (non-hydrogen) atoms. The van der Waals surface area contributed by atoms with E-state index in [9.17, 15) is 0 Å². The molecule has 1 aromatic carbocycles. The van der Waals surface area contributed by atoms with Crippen LogP contribution in [0.3, 0.4) is 0 Å². The van der Waals surface area contributed by atoms with Crippen molar-refractivity contribution in [2.45, 2.75) is 0 Å². The van der Waals surface area contributed by atoms with Gasteiger partial charge in [0.05, 0.1) is 5.52 Å². The molecular formula is C15H12N4O2. The standard InChI is InChI=1S/C15H12N4O2/c16-15(19-20)12-4-1-5-14(18-12)21-11-7-6-10-3-2-8-17-13(10)9-11/h1-9,20H,(H2,16,19). The summed E-state index contributed by atoms with van der Waals surface area (Å²) >= 11 is 0. The number of amidine groups is 1. The van der Waals surface area contributed by atoms with Gasteiger partial charge >= 0.3 is 0 Å². The van der Waals surface area contributed by atoms with E-state index in [2.05, 4.69) is 15.1 Å². The second kappa shape index (κ2) is 5.46. The summed E-state index contributed by atoms with van der Waals surface area (Å²) in [5.41, 5.74) is 6.68. The molecule has 3 N–H and O–H groups in total. The van der Waals surface area contributed by atoms with Crippen molar-refractivity contribution in [3.8, 4) is 11.6 Å². The average molecular weight is 280 g/mol. The highest BCUT2D eigenvalue weighted by Gasteiger charge is 2.05. The number of hydrogen-bond acceptors (Lipinski definition) is 5. The lowest BCUT2D eigenvalue weighted by Crippen LogP contribution is -2.14. The third-order valence-electron chi connectivity index (χ3n) is 2.89. The molecule has 6 heteroatoms. The molecule has 0 atom stereocenters. The van der Waals surface area contributed by atoms with E-state index in [1.165, 1.54) is 0 Å². The summed E-state index contributed by atoms with van der Waals surface area (Å²) < 4.78 is 5.68. The molecule has 6 nitrogen and oxygen atoms in total. The minimum Gasteiger partial charge on any atom is -0.439 e. The van der Waals surface area contributed by atoms with Crippen molar-refractivity contribution in [3.05, 3.63) is 60.4 Å². The summed E-state index contributed by atoms with van der Waals surface area (Å²) in [6.45, 7) is 0. The fourth-order valence-corrected chi connectivity index (χ4v) is 1.90. The van der Waals surface area contributed by atoms with Crippen LogP contribution in [0.25, 0.3) is 10.9 Å². The molecule has 104 valence electrons. The van der Waals surface area contributed by atoms with Crippen LogP contribution in [0.2, 0.25) is 0 Å². The van der Waals surface area contributed by atoms with Crippen LogP contribution >= 0.6 is 0 Å². The fourth-order valence-electron chi connectivity index (χ4n) is 1.90. The van der Waals surface area contributed by atoms with Crippen LogP contribution in [-0.4, -0.2) is 21.0 Å². The molecular weight excluding hydrogens is 268 g/mol. The highest BCUT2D eigenvalue weighted by Crippen LogP contribution is 2.23. The van der Waals surface area contributed by atoms with Gasteiger partial charge in [0, 0.05) is 23.7 Å². The quantitative estimate of drug-likeness (QED) is 0.333. The number of hydrogen-bond donors (Lipinski definition) is 2. The van der Waals surface area contributed by atoms with Crippen molar-refractivity contribution < 1.29 is 9.94 Å². The van der Waals surface area contributed by atoms with Gasteiger partial charge in [0.1, 0.15) is 11.4 Å². The number of nitrogens with two attached hydrogens (primary N) is 1. The minimum absolute atomic E-state index is 0.0689. The summed E-state index contributed by atoms with van der Waals surface area (Å²) in [6.07, 6.45) is 1.73. The predicted molar refractivity (Wildman–Crippen MR) is 78.6 cm³/mol. The third-order valence-corrected chi connectivity index (χ3v) is 2.89. The van der Waals surface area contributed by atoms with Crippen molar-refractivity contribution in [2.24, 2.45) is 10.9 Å². The lowest BCUT2D eigenvalue weighted by molar-refractivity contribution is 0.318. The first-order valence-corrected chi connectivity index (χ1v) is 6.24. The third kappa shape index (κ3) is 2.74. The maximum atomic E-state index is 8.66. The highest BCUT2D eigenvalue weighted by atomic mass is 16.5. The zero-order valence-corrected chi connectivity index (χ0v) is 11.0. The lowest BCUT2D eigenvalue weighted by Gasteiger charge is -2.06. The number of rotatable bonds is 3. The molecule has 0 fully saturated rings. The van der Waals surface area contributed by atoms with E-state index >= 15 is 0 Å². The second-order valence-corrected chi connectivity index (χ2v) is 4.31. The van der Waals surface area contributed by atoms with Crippen molar-refractivity contribution >= 4 is 16.7 Å². The molecule has 0 aliphatic rings. The summed E-state index contributed by atoms with van der Waals surface area (Å²) in [5, 5.41) is 12.6. The Morgan fingerprint density at radius 2 is 2.05 bits per heavy atom. The monoisotopic (exact) mass is 280 g/mol. The number of aromatic nitrogens is 2. The van der Waals surface area contributed by atoms with Crippen LogP contribution in [0.1, 0.15) is 5.69 Å². The number of oxime groups is 1. The van der Waals surface area contributed by atoms with Gasteiger partial charge in [-0.2, -0.15) is 0 Å². The van der Waals surface area contributed by atoms with Crippen LogP contribution < -0.4 is 10.5 Å². The van der Waals surface area contributed by atoms with Gasteiger partial charge in [0.15, 0.2) is 5.84 Å². The fraction of sp³-hybridized carbons (Fsp3) is 0. The molecule has 0 unspecified atom stereocenters. The van der Waals surface area contributed by atoms with Crippen molar-refractivity contribution in [1.29, 1.82) is 0 Å². The Bertz CT molecular complexity index is 817. The van der Waals surface area contributed by atoms with E-state index in [1.54, 1.807) is 24.4 Å². The molecule has 0 amide bonds. The van der Waals surface area contributed by atoms with Gasteiger partial charge in [-0.3, -0.25) is 4.98 Å². The number of pyridine rings is 2. The Kier molecular flexibility index (Phi) is 3.34. The van der Waals surface area contributed by atoms with Gasteiger partial charge in [0.2, 0.25) is 5.88 Å². The number of ether oxygens (including phenoxy) is 1. The summed E-state index contributed by atoms with van der Waals surface area (Å²) in [7, 11) is 0. The van der Waals surface area contributed by atoms with E-state index < -0.39 is 0 Å². The number of nitrogens with zero attached hydrogens (tertiary/aromatic N) is 3. The Balaban J connectivity index is 1.91. The zero-order valence-electron chi connectivity index (χ0n) is 11.0. The van der Waals surface area contributed by atoms with Gasteiger partial charge < -0.3 is 15.7 Å². The maximum Gasteiger partial charge on any atom is 0.219 e. The van der Waals surface area contributed by atoms with Gasteiger partial charge in [-0.25, -0.2) is 4.98 Å². The van der Waals surface area contributed by atoms with Crippen LogP contribution in [0.5, 0.6) is 11.6 Å². The Labute approximate surface area is 120 Å². The van der Waals surface area contributed by atoms with E-state index in [0.29, 0.717) is 17.3 Å². The van der Waals surface area contributed by atoms with Crippen molar-refractivity contribution in [1.82, 2.24) is 9.97 Å². The predicted octanol–water partition coefficient (Wildman–Crippen LogP) is 2.52. The molecule has 0 saturated carbocycles. The molecule has 0 radical (unpaired) electrons. The first-order chi connectivity index (χ1) is 10.3. The first kappa shape index (κ1) is 12.9. The largest absolute Gasteiger partial charge is 0.439 e. The van der Waals surface area contributed by atoms with E-state index in [4.69, 9.17) is 15.7 Å². The Morgan fingerprint density at radius 3 is 2.90 bits per heavy atom. The average Bonchev–Trinajstić information content (AvgIpc) is 2.54. The van der Waals surface area contributed by atoms with Gasteiger partial charge in [-0.1, -0.05) is 17.3 Å². The molecule has 3 aromatic rings. The molecule has 0 aliphatic heterocycles. The minimum atomic E-state index is -0.0689. The van der Waals surface area contributed by atoms with Gasteiger partial charge in [-0.15, -0.1) is 0 Å². The summed E-state index contributed by atoms with van der Waals surface area (Å²) in [4.78, 5) is 8.43. The summed E-state index contributed by atoms with van der Waals surface area (Å²) in [5.74, 6) is 0.903. The van der Waals surface area contributed by atoms with Crippen LogP contribution in [0.15, 0.2) is 59.9 Å². The van der Waals surface area contributed by atoms with E-state index in [-0.39, 0.29) is 5.84 Å². The smallest absolute Gasteiger partial charge is 0.219 e. The maximum absolute atomic E-state index is 8.66. The molecule has 3 rings (SSSR count). The normalized spacial score (nSPS) is 11.5. The van der Waals surface area contributed by atoms with Crippen LogP contribution in [0, 0.1) is 0 Å². The van der Waals surface area contributed by atoms with E-state index in [1.807, 2.05) is 30.3 Å². The van der Waals surface area contributed by atoms with Crippen LogP contribution in [0.4, 0.5) is 0 Å². The Morgan fingerprint density at radius 1 is 1.14 bits per heavy atom. The lowest BCUT2D eigenvalue weighted by atomic mass is 10.2. The SMILES string of the molecule is N/C(=N/O)c1cccc(Oc2ccc3cccnc3c2)n1. The summed E-state index contributed by atoms with van der Waals surface area (Å²) in [6, 6.07) is 14.5. The van der Waals surface area contributed by atoms with Crippen molar-refractivity contribution in [3.63, 3.8) is 0 Å². The van der Waals surface area contributed by atoms with E-state index in [0.717, 1.165) is 10.9 Å².